The lowest BCUT2D eigenvalue weighted by atomic mass is 10.4. The van der Waals surface area contributed by atoms with Gasteiger partial charge in [0.05, 0.1) is 10.8 Å². The van der Waals surface area contributed by atoms with Gasteiger partial charge in [0.15, 0.2) is 0 Å². The molecule has 2 amide bonds. The van der Waals surface area contributed by atoms with Crippen LogP contribution in [0.3, 0.4) is 0 Å². The number of carbonyl (C=O) groups excluding carboxylic acids is 2. The minimum Gasteiger partial charge on any atom is -0.294 e. The van der Waals surface area contributed by atoms with Gasteiger partial charge in [-0.15, -0.1) is 11.8 Å². The topological polar surface area (TPSA) is 54.7 Å². The summed E-state index contributed by atoms with van der Waals surface area (Å²) in [5.74, 6) is 1.08. The second kappa shape index (κ2) is 5.88. The van der Waals surface area contributed by atoms with Crippen LogP contribution < -0.4 is 0 Å². The van der Waals surface area contributed by atoms with E-state index in [-0.39, 0.29) is 11.1 Å². The van der Waals surface area contributed by atoms with E-state index in [1.165, 1.54) is 4.90 Å². The van der Waals surface area contributed by atoms with Crippen molar-refractivity contribution in [3.8, 4) is 0 Å². The van der Waals surface area contributed by atoms with Crippen molar-refractivity contribution in [1.82, 2.24) is 14.3 Å². The van der Waals surface area contributed by atoms with Gasteiger partial charge in [-0.05, 0) is 18.6 Å². The van der Waals surface area contributed by atoms with Gasteiger partial charge in [-0.2, -0.15) is 0 Å². The highest BCUT2D eigenvalue weighted by Gasteiger charge is 2.28. The number of fused-ring (bicyclic) bond motifs is 1. The molecule has 0 atom stereocenters. The van der Waals surface area contributed by atoms with Crippen LogP contribution in [0.25, 0.3) is 5.65 Å². The van der Waals surface area contributed by atoms with E-state index in [9.17, 15) is 9.59 Å². The van der Waals surface area contributed by atoms with Crippen molar-refractivity contribution in [2.45, 2.75) is 11.4 Å². The number of imide groups is 1. The van der Waals surface area contributed by atoms with E-state index < -0.39 is 0 Å². The predicted molar refractivity (Wildman–Crippen MR) is 80.1 cm³/mol. The molecule has 3 rings (SSSR count). The number of thioether (sulfide) groups is 2. The molecule has 1 aliphatic heterocycles. The second-order valence-corrected chi connectivity index (χ2v) is 6.36. The first-order valence-electron chi connectivity index (χ1n) is 6.28. The molecule has 0 saturated carbocycles. The van der Waals surface area contributed by atoms with Crippen LogP contribution >= 0.6 is 23.5 Å². The van der Waals surface area contributed by atoms with Crippen molar-refractivity contribution in [2.75, 3.05) is 18.1 Å². The lowest BCUT2D eigenvalue weighted by molar-refractivity contribution is -0.124. The maximum Gasteiger partial charge on any atom is 0.288 e. The van der Waals surface area contributed by atoms with E-state index in [0.717, 1.165) is 34.6 Å². The highest BCUT2D eigenvalue weighted by molar-refractivity contribution is 8.14. The quantitative estimate of drug-likeness (QED) is 0.627. The first-order valence-corrected chi connectivity index (χ1v) is 8.25. The molecule has 104 valence electrons. The van der Waals surface area contributed by atoms with Gasteiger partial charge in [0.1, 0.15) is 5.65 Å². The number of carbonyl (C=O) groups is 2. The van der Waals surface area contributed by atoms with Gasteiger partial charge in [-0.3, -0.25) is 18.9 Å². The first kappa shape index (κ1) is 13.5. The van der Waals surface area contributed by atoms with E-state index in [0.29, 0.717) is 12.3 Å². The molecule has 0 N–H and O–H groups in total. The van der Waals surface area contributed by atoms with Gasteiger partial charge in [0, 0.05) is 24.7 Å². The fourth-order valence-electron chi connectivity index (χ4n) is 2.04. The van der Waals surface area contributed by atoms with Crippen LogP contribution in [0.15, 0.2) is 35.6 Å². The highest BCUT2D eigenvalue weighted by atomic mass is 32.2. The van der Waals surface area contributed by atoms with Gasteiger partial charge < -0.3 is 0 Å². The van der Waals surface area contributed by atoms with Crippen LogP contribution in [0.4, 0.5) is 4.79 Å². The van der Waals surface area contributed by atoms with Crippen LogP contribution in [0.5, 0.6) is 0 Å². The second-order valence-electron chi connectivity index (χ2n) is 4.32. The van der Waals surface area contributed by atoms with Gasteiger partial charge in [-0.25, -0.2) is 4.98 Å². The van der Waals surface area contributed by atoms with Crippen molar-refractivity contribution < 1.29 is 9.59 Å². The Morgan fingerprint density at radius 3 is 3.05 bits per heavy atom. The van der Waals surface area contributed by atoms with Crippen molar-refractivity contribution in [1.29, 1.82) is 0 Å². The molecular formula is C13H13N3O2S2. The highest BCUT2D eigenvalue weighted by Crippen LogP contribution is 2.22. The Morgan fingerprint density at radius 1 is 1.35 bits per heavy atom. The van der Waals surface area contributed by atoms with Crippen LogP contribution in [-0.2, 0) is 4.79 Å². The van der Waals surface area contributed by atoms with Crippen LogP contribution in [-0.4, -0.2) is 43.5 Å². The minimum atomic E-state index is -0.114. The average Bonchev–Trinajstić information content (AvgIpc) is 3.04. The molecular weight excluding hydrogens is 294 g/mol. The zero-order chi connectivity index (χ0) is 13.9. The molecule has 2 aromatic heterocycles. The monoisotopic (exact) mass is 307 g/mol. The maximum atomic E-state index is 11.5. The largest absolute Gasteiger partial charge is 0.294 e. The lowest BCUT2D eigenvalue weighted by Crippen LogP contribution is -2.29. The summed E-state index contributed by atoms with van der Waals surface area (Å²) in [5, 5.41) is 1.00. The number of hydrogen-bond donors (Lipinski definition) is 0. The van der Waals surface area contributed by atoms with Gasteiger partial charge in [-0.1, -0.05) is 17.8 Å². The zero-order valence-corrected chi connectivity index (χ0v) is 12.3. The molecule has 1 saturated heterocycles. The number of hydrogen-bond acceptors (Lipinski definition) is 5. The smallest absolute Gasteiger partial charge is 0.288 e. The summed E-state index contributed by atoms with van der Waals surface area (Å²) in [6.45, 7) is 0.511. The van der Waals surface area contributed by atoms with E-state index in [2.05, 4.69) is 4.98 Å². The molecule has 0 bridgehead atoms. The lowest BCUT2D eigenvalue weighted by Gasteiger charge is -2.12. The number of aromatic nitrogens is 2. The van der Waals surface area contributed by atoms with Crippen molar-refractivity contribution in [2.24, 2.45) is 0 Å². The Kier molecular flexibility index (Phi) is 3.98. The molecule has 1 fully saturated rings. The summed E-state index contributed by atoms with van der Waals surface area (Å²) in [7, 11) is 0. The third-order valence-corrected chi connectivity index (χ3v) is 4.99. The third-order valence-electron chi connectivity index (χ3n) is 3.01. The number of pyridine rings is 1. The zero-order valence-electron chi connectivity index (χ0n) is 10.7. The summed E-state index contributed by atoms with van der Waals surface area (Å²) < 4.78 is 2.03. The minimum absolute atomic E-state index is 0.0679. The fraction of sp³-hybridized carbons (Fsp3) is 0.308. The molecule has 2 aromatic rings. The van der Waals surface area contributed by atoms with Gasteiger partial charge >= 0.3 is 0 Å². The summed E-state index contributed by atoms with van der Waals surface area (Å²) in [5.41, 5.74) is 0.927. The molecule has 0 radical (unpaired) electrons. The molecule has 0 unspecified atom stereocenters. The van der Waals surface area contributed by atoms with Crippen LogP contribution in [0, 0.1) is 0 Å². The van der Waals surface area contributed by atoms with E-state index in [1.807, 2.05) is 28.8 Å². The maximum absolute atomic E-state index is 11.5. The molecule has 1 aliphatic rings. The Morgan fingerprint density at radius 2 is 2.25 bits per heavy atom. The fourth-order valence-corrected chi connectivity index (χ4v) is 3.74. The molecule has 5 nitrogen and oxygen atoms in total. The molecule has 0 aliphatic carbocycles. The predicted octanol–water partition coefficient (Wildman–Crippen LogP) is 2.51. The molecule has 3 heterocycles. The molecule has 7 heteroatoms. The van der Waals surface area contributed by atoms with E-state index in [4.69, 9.17) is 0 Å². The number of imidazole rings is 1. The molecule has 0 spiro atoms. The average molecular weight is 307 g/mol. The SMILES string of the molecule is O=C1CSC(=O)N1CCCSc1cccc2nccn12. The Bertz CT molecular complexity index is 640. The molecule has 0 aromatic carbocycles. The summed E-state index contributed by atoms with van der Waals surface area (Å²) in [4.78, 5) is 28.5. The van der Waals surface area contributed by atoms with Gasteiger partial charge in [0.2, 0.25) is 5.91 Å². The van der Waals surface area contributed by atoms with Crippen molar-refractivity contribution >= 4 is 40.3 Å². The Hall–Kier alpha value is -1.47. The molecule has 20 heavy (non-hydrogen) atoms. The Labute approximate surface area is 124 Å². The third kappa shape index (κ3) is 2.69. The number of amides is 2. The van der Waals surface area contributed by atoms with E-state index in [1.54, 1.807) is 18.0 Å². The standard InChI is InChI=1S/C13H13N3O2S2/c17-11-9-20-13(18)16(11)6-2-8-19-12-4-1-3-10-14-5-7-15(10)12/h1,3-5,7H,2,6,8-9H2. The summed E-state index contributed by atoms with van der Waals surface area (Å²) >= 11 is 2.80. The van der Waals surface area contributed by atoms with E-state index >= 15 is 0 Å². The van der Waals surface area contributed by atoms with Crippen molar-refractivity contribution in [3.63, 3.8) is 0 Å². The first-order chi connectivity index (χ1) is 9.75. The Balaban J connectivity index is 1.54. The number of nitrogens with zero attached hydrogens (tertiary/aromatic N) is 3. The van der Waals surface area contributed by atoms with Crippen LogP contribution in [0.1, 0.15) is 6.42 Å². The van der Waals surface area contributed by atoms with Crippen molar-refractivity contribution in [3.05, 3.63) is 30.6 Å². The number of rotatable bonds is 5. The van der Waals surface area contributed by atoms with Gasteiger partial charge in [0.25, 0.3) is 5.24 Å². The van der Waals surface area contributed by atoms with Crippen LogP contribution in [0.2, 0.25) is 0 Å². The normalized spacial score (nSPS) is 15.5. The summed E-state index contributed by atoms with van der Waals surface area (Å²) in [6, 6.07) is 5.99. The summed E-state index contributed by atoms with van der Waals surface area (Å²) in [6.07, 6.45) is 4.51.